The molecule has 0 aliphatic heterocycles. The van der Waals surface area contributed by atoms with Crippen molar-refractivity contribution in [1.82, 2.24) is 0 Å². The van der Waals surface area contributed by atoms with Crippen LogP contribution in [0.2, 0.25) is 0 Å². The molecule has 2 bridgehead atoms. The van der Waals surface area contributed by atoms with Gasteiger partial charge in [-0.15, -0.1) is 0 Å². The molecule has 2 aliphatic carbocycles. The fourth-order valence-electron chi connectivity index (χ4n) is 4.12. The Kier molecular flexibility index (Phi) is 4.14. The minimum Gasteiger partial charge on any atom is -0.299 e. The van der Waals surface area contributed by atoms with Crippen molar-refractivity contribution in [2.24, 2.45) is 16.7 Å². The highest BCUT2D eigenvalue weighted by molar-refractivity contribution is 8.04. The molecule has 2 atom stereocenters. The Morgan fingerprint density at radius 1 is 1.26 bits per heavy atom. The first-order valence-corrected chi connectivity index (χ1v) is 10.2. The molecule has 0 spiro atoms. The molecule has 0 radical (unpaired) electrons. The molecule has 2 saturated carbocycles. The third-order valence-electron chi connectivity index (χ3n) is 5.82. The summed E-state index contributed by atoms with van der Waals surface area (Å²) in [6, 6.07) is 7.46. The smallest absolute Gasteiger partial charge is 0.279 e. The second kappa shape index (κ2) is 5.60. The molecule has 1 aromatic carbocycles. The van der Waals surface area contributed by atoms with Gasteiger partial charge >= 0.3 is 0 Å². The summed E-state index contributed by atoms with van der Waals surface area (Å²) in [5, 5.41) is 0. The Labute approximate surface area is 142 Å². The summed E-state index contributed by atoms with van der Waals surface area (Å²) in [6.07, 6.45) is 2.09. The number of hydrogen-bond donors (Lipinski definition) is 0. The van der Waals surface area contributed by atoms with E-state index in [0.29, 0.717) is 18.8 Å². The molecular weight excluding hydrogens is 332 g/mol. The van der Waals surface area contributed by atoms with Crippen LogP contribution in [0.25, 0.3) is 0 Å². The number of carbonyl (C=O) groups excluding carboxylic acids is 1. The largest absolute Gasteiger partial charge is 0.299 e. The molecule has 2 unspecified atom stereocenters. The summed E-state index contributed by atoms with van der Waals surface area (Å²) < 4.78 is 30.0. The SMILES string of the molecule is Cc1ccc(SOS(=O)(=O)CC23CCC(CC2=O)C3(C)C)cc1. The molecule has 2 fully saturated rings. The first-order chi connectivity index (χ1) is 10.7. The molecule has 4 nitrogen and oxygen atoms in total. The van der Waals surface area contributed by atoms with Crippen molar-refractivity contribution in [3.05, 3.63) is 29.8 Å². The summed E-state index contributed by atoms with van der Waals surface area (Å²) in [4.78, 5) is 13.2. The van der Waals surface area contributed by atoms with Crippen molar-refractivity contribution in [3.63, 3.8) is 0 Å². The second-order valence-corrected chi connectivity index (χ2v) is 9.92. The van der Waals surface area contributed by atoms with Crippen LogP contribution in [-0.2, 0) is 18.5 Å². The van der Waals surface area contributed by atoms with E-state index in [2.05, 4.69) is 0 Å². The van der Waals surface area contributed by atoms with E-state index < -0.39 is 15.5 Å². The van der Waals surface area contributed by atoms with E-state index in [-0.39, 0.29) is 17.0 Å². The first kappa shape index (κ1) is 17.0. The van der Waals surface area contributed by atoms with Gasteiger partial charge in [-0.25, -0.2) is 0 Å². The van der Waals surface area contributed by atoms with Crippen LogP contribution in [0.3, 0.4) is 0 Å². The summed E-state index contributed by atoms with van der Waals surface area (Å²) >= 11 is 0.844. The summed E-state index contributed by atoms with van der Waals surface area (Å²) in [6.45, 7) is 6.02. The summed E-state index contributed by atoms with van der Waals surface area (Å²) in [5.41, 5.74) is 0.0609. The highest BCUT2D eigenvalue weighted by Crippen LogP contribution is 2.64. The average molecular weight is 354 g/mol. The van der Waals surface area contributed by atoms with Crippen molar-refractivity contribution in [3.8, 4) is 0 Å². The fourth-order valence-corrected chi connectivity index (χ4v) is 6.57. The number of Topliss-reactive ketones (excluding diaryl/α,β-unsaturated/α-hetero) is 1. The minimum absolute atomic E-state index is 0.0891. The van der Waals surface area contributed by atoms with Gasteiger partial charge in [-0.05, 0) is 43.2 Å². The number of ketones is 1. The number of rotatable bonds is 5. The standard InChI is InChI=1S/C17H22O4S2/c1-12-4-6-14(7-5-12)22-21-23(19,20)11-17-9-8-13(10-15(17)18)16(17,2)3/h4-7,13H,8-11H2,1-3H3. The lowest BCUT2D eigenvalue weighted by Crippen LogP contribution is -2.42. The van der Waals surface area contributed by atoms with Gasteiger partial charge in [-0.3, -0.25) is 4.79 Å². The molecule has 3 rings (SSSR count). The van der Waals surface area contributed by atoms with Crippen molar-refractivity contribution in [1.29, 1.82) is 0 Å². The molecule has 2 aliphatic rings. The van der Waals surface area contributed by atoms with Gasteiger partial charge in [-0.2, -0.15) is 12.0 Å². The predicted molar refractivity (Wildman–Crippen MR) is 90.5 cm³/mol. The third kappa shape index (κ3) is 2.85. The summed E-state index contributed by atoms with van der Waals surface area (Å²) in [5.74, 6) is 0.183. The molecule has 0 heterocycles. The maximum Gasteiger partial charge on any atom is 0.279 e. The Balaban J connectivity index is 1.73. The number of benzene rings is 1. The van der Waals surface area contributed by atoms with E-state index >= 15 is 0 Å². The first-order valence-electron chi connectivity index (χ1n) is 7.85. The number of fused-ring (bicyclic) bond motifs is 2. The van der Waals surface area contributed by atoms with Crippen LogP contribution < -0.4 is 0 Å². The maximum atomic E-state index is 12.4. The lowest BCUT2D eigenvalue weighted by atomic mass is 9.70. The highest BCUT2D eigenvalue weighted by atomic mass is 32.3. The Bertz CT molecular complexity index is 721. The normalized spacial score (nSPS) is 29.2. The third-order valence-corrected chi connectivity index (χ3v) is 8.23. The molecular formula is C17H22O4S2. The Hall–Kier alpha value is -0.850. The van der Waals surface area contributed by atoms with Crippen LogP contribution >= 0.6 is 12.0 Å². The lowest BCUT2D eigenvalue weighted by molar-refractivity contribution is -0.128. The Morgan fingerprint density at radius 3 is 2.43 bits per heavy atom. The molecule has 23 heavy (non-hydrogen) atoms. The van der Waals surface area contributed by atoms with Crippen LogP contribution in [0.15, 0.2) is 29.2 Å². The molecule has 126 valence electrons. The molecule has 0 saturated heterocycles. The van der Waals surface area contributed by atoms with Gasteiger partial charge in [0.15, 0.2) is 0 Å². The van der Waals surface area contributed by atoms with Gasteiger partial charge in [0, 0.05) is 23.4 Å². The van der Waals surface area contributed by atoms with Crippen LogP contribution in [0.1, 0.15) is 38.7 Å². The predicted octanol–water partition coefficient (Wildman–Crippen LogP) is 3.74. The topological polar surface area (TPSA) is 60.4 Å². The summed E-state index contributed by atoms with van der Waals surface area (Å²) in [7, 11) is -3.78. The van der Waals surface area contributed by atoms with Crippen LogP contribution in [-0.4, -0.2) is 20.0 Å². The highest BCUT2D eigenvalue weighted by Gasteiger charge is 2.65. The van der Waals surface area contributed by atoms with E-state index in [1.807, 2.05) is 45.0 Å². The van der Waals surface area contributed by atoms with Gasteiger partial charge in [-0.1, -0.05) is 31.5 Å². The zero-order valence-electron chi connectivity index (χ0n) is 13.7. The number of hydrogen-bond acceptors (Lipinski definition) is 5. The van der Waals surface area contributed by atoms with E-state index in [0.717, 1.165) is 28.9 Å². The molecule has 0 aromatic heterocycles. The molecule has 0 amide bonds. The number of carbonyl (C=O) groups is 1. The molecule has 0 N–H and O–H groups in total. The van der Waals surface area contributed by atoms with Gasteiger partial charge in [0.1, 0.15) is 5.78 Å². The van der Waals surface area contributed by atoms with Gasteiger partial charge in [0.25, 0.3) is 10.1 Å². The zero-order valence-corrected chi connectivity index (χ0v) is 15.3. The van der Waals surface area contributed by atoms with E-state index in [1.165, 1.54) is 0 Å². The van der Waals surface area contributed by atoms with Crippen molar-refractivity contribution in [2.75, 3.05) is 5.75 Å². The zero-order chi connectivity index (χ0) is 16.9. The van der Waals surface area contributed by atoms with E-state index in [4.69, 9.17) is 3.63 Å². The molecule has 1 aromatic rings. The van der Waals surface area contributed by atoms with Crippen molar-refractivity contribution in [2.45, 2.75) is 44.9 Å². The maximum absolute atomic E-state index is 12.4. The van der Waals surface area contributed by atoms with Crippen molar-refractivity contribution >= 4 is 27.9 Å². The quantitative estimate of drug-likeness (QED) is 0.754. The van der Waals surface area contributed by atoms with E-state index in [1.54, 1.807) is 0 Å². The minimum atomic E-state index is -3.78. The fraction of sp³-hybridized carbons (Fsp3) is 0.588. The Morgan fingerprint density at radius 2 is 1.91 bits per heavy atom. The monoisotopic (exact) mass is 354 g/mol. The number of aryl methyl sites for hydroxylation is 1. The van der Waals surface area contributed by atoms with Crippen LogP contribution in [0.5, 0.6) is 0 Å². The van der Waals surface area contributed by atoms with Gasteiger partial charge in [0.2, 0.25) is 0 Å². The van der Waals surface area contributed by atoms with Crippen molar-refractivity contribution < 1.29 is 16.8 Å². The average Bonchev–Trinajstić information content (AvgIpc) is 2.80. The van der Waals surface area contributed by atoms with Gasteiger partial charge in [0.05, 0.1) is 11.2 Å². The second-order valence-electron chi connectivity index (χ2n) is 7.33. The van der Waals surface area contributed by atoms with Gasteiger partial charge < -0.3 is 0 Å². The van der Waals surface area contributed by atoms with Crippen LogP contribution in [0, 0.1) is 23.7 Å². The molecule has 6 heteroatoms. The lowest BCUT2D eigenvalue weighted by Gasteiger charge is -2.35. The van der Waals surface area contributed by atoms with Crippen LogP contribution in [0.4, 0.5) is 0 Å². The van der Waals surface area contributed by atoms with E-state index in [9.17, 15) is 13.2 Å².